The van der Waals surface area contributed by atoms with Gasteiger partial charge in [-0.1, -0.05) is 30.3 Å². The van der Waals surface area contributed by atoms with Gasteiger partial charge in [-0.15, -0.1) is 0 Å². The fraction of sp³-hybridized carbons (Fsp3) is 0.200. The molecule has 0 bridgehead atoms. The third-order valence-electron chi connectivity index (χ3n) is 2.78. The van der Waals surface area contributed by atoms with E-state index in [1.54, 1.807) is 31.2 Å². The van der Waals surface area contributed by atoms with Crippen LogP contribution in [-0.4, -0.2) is 5.11 Å². The number of aliphatic hydroxyl groups is 1. The highest BCUT2D eigenvalue weighted by molar-refractivity contribution is 9.10. The van der Waals surface area contributed by atoms with Crippen molar-refractivity contribution in [1.82, 2.24) is 0 Å². The van der Waals surface area contributed by atoms with E-state index in [-0.39, 0.29) is 12.4 Å². The van der Waals surface area contributed by atoms with Gasteiger partial charge in [-0.2, -0.15) is 0 Å². The molecule has 2 aromatic carbocycles. The maximum absolute atomic E-state index is 13.4. The monoisotopic (exact) mass is 324 g/mol. The average Bonchev–Trinajstić information content (AvgIpc) is 2.40. The highest BCUT2D eigenvalue weighted by atomic mass is 79.9. The van der Waals surface area contributed by atoms with E-state index in [0.717, 1.165) is 11.1 Å². The minimum absolute atomic E-state index is 0.238. The van der Waals surface area contributed by atoms with Gasteiger partial charge in [0, 0.05) is 11.1 Å². The van der Waals surface area contributed by atoms with Crippen molar-refractivity contribution < 1.29 is 14.2 Å². The second-order valence-electron chi connectivity index (χ2n) is 4.22. The Kier molecular flexibility index (Phi) is 4.56. The van der Waals surface area contributed by atoms with E-state index in [0.29, 0.717) is 10.2 Å². The van der Waals surface area contributed by atoms with Crippen molar-refractivity contribution in [2.24, 2.45) is 0 Å². The number of rotatable bonds is 4. The average molecular weight is 325 g/mol. The summed E-state index contributed by atoms with van der Waals surface area (Å²) in [6.07, 6.45) is -0.604. The van der Waals surface area contributed by atoms with Gasteiger partial charge in [-0.3, -0.25) is 0 Å². The molecule has 0 aromatic heterocycles. The van der Waals surface area contributed by atoms with Gasteiger partial charge in [0.15, 0.2) is 0 Å². The van der Waals surface area contributed by atoms with Gasteiger partial charge in [0.2, 0.25) is 0 Å². The summed E-state index contributed by atoms with van der Waals surface area (Å²) in [5, 5.41) is 9.65. The summed E-state index contributed by atoms with van der Waals surface area (Å²) in [5.41, 5.74) is 1.44. The minimum atomic E-state index is -0.604. The molecule has 2 nitrogen and oxygen atoms in total. The topological polar surface area (TPSA) is 29.5 Å². The lowest BCUT2D eigenvalue weighted by atomic mass is 10.1. The van der Waals surface area contributed by atoms with E-state index in [1.807, 2.05) is 12.1 Å². The highest BCUT2D eigenvalue weighted by Gasteiger charge is 2.10. The summed E-state index contributed by atoms with van der Waals surface area (Å²) in [7, 11) is 0. The summed E-state index contributed by atoms with van der Waals surface area (Å²) < 4.78 is 19.4. The molecule has 0 radical (unpaired) electrons. The minimum Gasteiger partial charge on any atom is -0.488 e. The summed E-state index contributed by atoms with van der Waals surface area (Å²) >= 11 is 3.20. The molecular formula is C15H14BrFO2. The molecule has 0 fully saturated rings. The number of ether oxygens (including phenoxy) is 1. The zero-order chi connectivity index (χ0) is 13.8. The van der Waals surface area contributed by atoms with E-state index < -0.39 is 6.10 Å². The predicted octanol–water partition coefficient (Wildman–Crippen LogP) is 4.22. The SMILES string of the molecule is C[C@H](O)c1ccccc1OCc1cccc(F)c1Br. The molecule has 0 saturated carbocycles. The van der Waals surface area contributed by atoms with Crippen LogP contribution in [0.2, 0.25) is 0 Å². The van der Waals surface area contributed by atoms with Gasteiger partial charge in [0.05, 0.1) is 10.6 Å². The quantitative estimate of drug-likeness (QED) is 0.912. The summed E-state index contributed by atoms with van der Waals surface area (Å²) in [6.45, 7) is 1.92. The Labute approximate surface area is 120 Å². The van der Waals surface area contributed by atoms with E-state index in [9.17, 15) is 9.50 Å². The molecule has 1 atom stereocenters. The van der Waals surface area contributed by atoms with Gasteiger partial charge >= 0.3 is 0 Å². The van der Waals surface area contributed by atoms with Crippen molar-refractivity contribution in [2.45, 2.75) is 19.6 Å². The van der Waals surface area contributed by atoms with Gasteiger partial charge in [0.1, 0.15) is 18.2 Å². The summed E-state index contributed by atoms with van der Waals surface area (Å²) in [6, 6.07) is 12.1. The molecule has 19 heavy (non-hydrogen) atoms. The Morgan fingerprint density at radius 1 is 1.21 bits per heavy atom. The fourth-order valence-corrected chi connectivity index (χ4v) is 2.15. The second kappa shape index (κ2) is 6.17. The number of hydrogen-bond acceptors (Lipinski definition) is 2. The van der Waals surface area contributed by atoms with Crippen LogP contribution < -0.4 is 4.74 Å². The largest absolute Gasteiger partial charge is 0.488 e. The van der Waals surface area contributed by atoms with Crippen LogP contribution in [0.3, 0.4) is 0 Å². The van der Waals surface area contributed by atoms with E-state index >= 15 is 0 Å². The van der Waals surface area contributed by atoms with E-state index in [2.05, 4.69) is 15.9 Å². The molecule has 0 aliphatic heterocycles. The van der Waals surface area contributed by atoms with Gasteiger partial charge in [-0.05, 0) is 35.0 Å². The molecule has 0 aliphatic carbocycles. The summed E-state index contributed by atoms with van der Waals surface area (Å²) in [5.74, 6) is 0.290. The first kappa shape index (κ1) is 14.0. The van der Waals surface area contributed by atoms with Gasteiger partial charge in [0.25, 0.3) is 0 Å². The van der Waals surface area contributed by atoms with Crippen LogP contribution in [0.15, 0.2) is 46.9 Å². The van der Waals surface area contributed by atoms with Crippen molar-refractivity contribution in [3.05, 3.63) is 63.9 Å². The number of aliphatic hydroxyl groups excluding tert-OH is 1. The lowest BCUT2D eigenvalue weighted by Gasteiger charge is -2.14. The zero-order valence-electron chi connectivity index (χ0n) is 10.4. The highest BCUT2D eigenvalue weighted by Crippen LogP contribution is 2.27. The second-order valence-corrected chi connectivity index (χ2v) is 5.01. The number of benzene rings is 2. The Bertz CT molecular complexity index is 570. The van der Waals surface area contributed by atoms with Crippen LogP contribution in [-0.2, 0) is 6.61 Å². The first-order chi connectivity index (χ1) is 9.09. The maximum atomic E-state index is 13.4. The molecule has 1 N–H and O–H groups in total. The summed E-state index contributed by atoms with van der Waals surface area (Å²) in [4.78, 5) is 0. The molecule has 0 spiro atoms. The molecule has 4 heteroatoms. The third-order valence-corrected chi connectivity index (χ3v) is 3.67. The Morgan fingerprint density at radius 3 is 2.68 bits per heavy atom. The van der Waals surface area contributed by atoms with Crippen LogP contribution in [0.25, 0.3) is 0 Å². The molecule has 0 heterocycles. The van der Waals surface area contributed by atoms with Crippen molar-refractivity contribution in [3.63, 3.8) is 0 Å². The number of hydrogen-bond donors (Lipinski definition) is 1. The van der Waals surface area contributed by atoms with Crippen LogP contribution >= 0.6 is 15.9 Å². The zero-order valence-corrected chi connectivity index (χ0v) is 12.0. The molecule has 2 aromatic rings. The Morgan fingerprint density at radius 2 is 1.95 bits per heavy atom. The fourth-order valence-electron chi connectivity index (χ4n) is 1.77. The van der Waals surface area contributed by atoms with E-state index in [1.165, 1.54) is 6.07 Å². The molecule has 0 unspecified atom stereocenters. The number of para-hydroxylation sites is 1. The molecule has 0 aliphatic rings. The van der Waals surface area contributed by atoms with Crippen molar-refractivity contribution in [2.75, 3.05) is 0 Å². The molecule has 0 saturated heterocycles. The molecular weight excluding hydrogens is 311 g/mol. The Hall–Kier alpha value is -1.39. The molecule has 2 rings (SSSR count). The van der Waals surface area contributed by atoms with Crippen LogP contribution in [0.4, 0.5) is 4.39 Å². The van der Waals surface area contributed by atoms with Crippen LogP contribution in [0, 0.1) is 5.82 Å². The lowest BCUT2D eigenvalue weighted by molar-refractivity contribution is 0.190. The van der Waals surface area contributed by atoms with Crippen LogP contribution in [0.5, 0.6) is 5.75 Å². The normalized spacial score (nSPS) is 12.2. The third kappa shape index (κ3) is 3.33. The standard InChI is InChI=1S/C15H14BrFO2/c1-10(18)12-6-2-3-8-14(12)19-9-11-5-4-7-13(17)15(11)16/h2-8,10,18H,9H2,1H3/t10-/m0/s1. The van der Waals surface area contributed by atoms with Gasteiger partial charge < -0.3 is 9.84 Å². The van der Waals surface area contributed by atoms with Crippen LogP contribution in [0.1, 0.15) is 24.2 Å². The predicted molar refractivity (Wildman–Crippen MR) is 75.5 cm³/mol. The first-order valence-electron chi connectivity index (χ1n) is 5.92. The van der Waals surface area contributed by atoms with Gasteiger partial charge in [-0.25, -0.2) is 4.39 Å². The maximum Gasteiger partial charge on any atom is 0.137 e. The Balaban J connectivity index is 2.17. The van der Waals surface area contributed by atoms with Crippen molar-refractivity contribution >= 4 is 15.9 Å². The number of halogens is 2. The van der Waals surface area contributed by atoms with Crippen molar-refractivity contribution in [3.8, 4) is 5.75 Å². The first-order valence-corrected chi connectivity index (χ1v) is 6.71. The van der Waals surface area contributed by atoms with E-state index in [4.69, 9.17) is 4.74 Å². The molecule has 100 valence electrons. The van der Waals surface area contributed by atoms with Crippen molar-refractivity contribution in [1.29, 1.82) is 0 Å². The molecule has 0 amide bonds. The smallest absolute Gasteiger partial charge is 0.137 e. The lowest BCUT2D eigenvalue weighted by Crippen LogP contribution is -2.02.